The van der Waals surface area contributed by atoms with Gasteiger partial charge >= 0.3 is 0 Å². The van der Waals surface area contributed by atoms with Crippen LogP contribution in [-0.4, -0.2) is 35.9 Å². The number of nitrogens with one attached hydrogen (secondary N) is 1. The highest BCUT2D eigenvalue weighted by molar-refractivity contribution is 7.89. The molecule has 3 rings (SSSR count). The first kappa shape index (κ1) is 16.9. The Bertz CT molecular complexity index is 853. The summed E-state index contributed by atoms with van der Waals surface area (Å²) >= 11 is 5.70. The molecule has 1 aliphatic rings. The van der Waals surface area contributed by atoms with Crippen molar-refractivity contribution < 1.29 is 13.2 Å². The molecule has 0 aliphatic carbocycles. The molecule has 1 fully saturated rings. The van der Waals surface area contributed by atoms with E-state index >= 15 is 0 Å². The minimum Gasteiger partial charge on any atom is -0.322 e. The third-order valence-corrected chi connectivity index (χ3v) is 5.86. The van der Waals surface area contributed by atoms with Gasteiger partial charge in [-0.2, -0.15) is 4.31 Å². The third kappa shape index (κ3) is 3.92. The van der Waals surface area contributed by atoms with Crippen LogP contribution in [-0.2, 0) is 16.6 Å². The summed E-state index contributed by atoms with van der Waals surface area (Å²) in [5, 5.41) is 3.09. The van der Waals surface area contributed by atoms with Gasteiger partial charge < -0.3 is 5.32 Å². The van der Waals surface area contributed by atoms with E-state index in [9.17, 15) is 13.2 Å². The number of amides is 1. The average Bonchev–Trinajstić information content (AvgIpc) is 2.87. The van der Waals surface area contributed by atoms with Crippen molar-refractivity contribution in [1.29, 1.82) is 0 Å². The molecule has 0 atom stereocenters. The van der Waals surface area contributed by atoms with Crippen LogP contribution in [0.3, 0.4) is 0 Å². The van der Waals surface area contributed by atoms with Crippen LogP contribution in [0.15, 0.2) is 42.6 Å². The second-order valence-electron chi connectivity index (χ2n) is 5.53. The molecule has 0 saturated carbocycles. The molecule has 8 heteroatoms. The molecule has 0 bridgehead atoms. The molecule has 6 nitrogen and oxygen atoms in total. The zero-order chi connectivity index (χ0) is 17.2. The maximum absolute atomic E-state index is 12.2. The lowest BCUT2D eigenvalue weighted by Crippen LogP contribution is -2.25. The van der Waals surface area contributed by atoms with Crippen LogP contribution >= 0.6 is 11.6 Å². The second-order valence-corrected chi connectivity index (χ2v) is 8.00. The van der Waals surface area contributed by atoms with Crippen LogP contribution in [0, 0.1) is 0 Å². The predicted molar refractivity (Wildman–Crippen MR) is 92.5 cm³/mol. The van der Waals surface area contributed by atoms with E-state index in [0.29, 0.717) is 35.9 Å². The molecule has 0 spiro atoms. The number of anilines is 1. The molecule has 126 valence electrons. The number of rotatable bonds is 4. The topological polar surface area (TPSA) is 79.4 Å². The highest BCUT2D eigenvalue weighted by Crippen LogP contribution is 2.19. The highest BCUT2D eigenvalue weighted by Gasteiger charge is 2.27. The minimum atomic E-state index is -3.14. The fraction of sp³-hybridized carbons (Fsp3) is 0.250. The normalized spacial score (nSPS) is 16.9. The maximum Gasteiger partial charge on any atom is 0.257 e. The summed E-state index contributed by atoms with van der Waals surface area (Å²) in [6, 6.07) is 10.3. The van der Waals surface area contributed by atoms with Gasteiger partial charge in [0.25, 0.3) is 5.91 Å². The summed E-state index contributed by atoms with van der Waals surface area (Å²) in [6.45, 7) is 0.851. The number of aromatic nitrogens is 1. The van der Waals surface area contributed by atoms with Gasteiger partial charge in [-0.1, -0.05) is 23.7 Å². The first-order valence-corrected chi connectivity index (χ1v) is 9.42. The molecular formula is C16H16ClN3O3S. The summed E-state index contributed by atoms with van der Waals surface area (Å²) < 4.78 is 25.2. The van der Waals surface area contributed by atoms with Crippen molar-refractivity contribution in [3.05, 3.63) is 58.9 Å². The van der Waals surface area contributed by atoms with Crippen molar-refractivity contribution in [2.45, 2.75) is 13.0 Å². The quantitative estimate of drug-likeness (QED) is 0.844. The Kier molecular flexibility index (Phi) is 4.84. The van der Waals surface area contributed by atoms with E-state index in [1.165, 1.54) is 10.5 Å². The van der Waals surface area contributed by atoms with Gasteiger partial charge in [0.2, 0.25) is 10.0 Å². The highest BCUT2D eigenvalue weighted by atomic mass is 35.5. The number of sulfonamides is 1. The smallest absolute Gasteiger partial charge is 0.257 e. The molecule has 1 N–H and O–H groups in total. The van der Waals surface area contributed by atoms with Crippen molar-refractivity contribution in [3.8, 4) is 0 Å². The lowest BCUT2D eigenvalue weighted by molar-refractivity contribution is 0.102. The number of carbonyl (C=O) groups is 1. The molecule has 1 aliphatic heterocycles. The van der Waals surface area contributed by atoms with Gasteiger partial charge in [-0.05, 0) is 36.2 Å². The minimum absolute atomic E-state index is 0.201. The van der Waals surface area contributed by atoms with E-state index < -0.39 is 10.0 Å². The Morgan fingerprint density at radius 3 is 2.79 bits per heavy atom. The van der Waals surface area contributed by atoms with E-state index in [-0.39, 0.29) is 11.7 Å². The molecule has 2 heterocycles. The zero-order valence-corrected chi connectivity index (χ0v) is 14.3. The van der Waals surface area contributed by atoms with Gasteiger partial charge in [-0.3, -0.25) is 4.79 Å². The number of hydrogen-bond donors (Lipinski definition) is 1. The van der Waals surface area contributed by atoms with Crippen LogP contribution in [0.5, 0.6) is 0 Å². The van der Waals surface area contributed by atoms with Gasteiger partial charge in [0.05, 0.1) is 11.3 Å². The first-order valence-electron chi connectivity index (χ1n) is 7.44. The lowest BCUT2D eigenvalue weighted by atomic mass is 10.2. The number of benzene rings is 1. The number of nitrogens with zero attached hydrogens (tertiary/aromatic N) is 2. The van der Waals surface area contributed by atoms with E-state index in [1.807, 2.05) is 6.07 Å². The standard InChI is InChI=1S/C16H16ClN3O3S/c17-15-6-5-13(10-18-15)16(21)19-14-4-1-3-12(9-14)11-20-7-2-8-24(20,22)23/h1,3-6,9-10H,2,7-8,11H2,(H,19,21). The Morgan fingerprint density at radius 1 is 1.29 bits per heavy atom. The van der Waals surface area contributed by atoms with Crippen LogP contribution in [0.2, 0.25) is 5.15 Å². The first-order chi connectivity index (χ1) is 11.4. The monoisotopic (exact) mass is 365 g/mol. The molecule has 0 unspecified atom stereocenters. The summed E-state index contributed by atoms with van der Waals surface area (Å²) in [5.41, 5.74) is 1.82. The summed E-state index contributed by atoms with van der Waals surface area (Å²) in [6.07, 6.45) is 2.06. The van der Waals surface area contributed by atoms with Crippen molar-refractivity contribution in [3.63, 3.8) is 0 Å². The lowest BCUT2D eigenvalue weighted by Gasteiger charge is -2.15. The molecule has 1 aromatic heterocycles. The van der Waals surface area contributed by atoms with E-state index in [0.717, 1.165) is 5.56 Å². The summed E-state index contributed by atoms with van der Waals surface area (Å²) in [4.78, 5) is 16.1. The number of carbonyl (C=O) groups excluding carboxylic acids is 1. The van der Waals surface area contributed by atoms with Gasteiger partial charge in [-0.25, -0.2) is 13.4 Å². The van der Waals surface area contributed by atoms with Crippen molar-refractivity contribution in [2.24, 2.45) is 0 Å². The van der Waals surface area contributed by atoms with Crippen LogP contribution in [0.1, 0.15) is 22.3 Å². The molecule has 1 amide bonds. The number of pyridine rings is 1. The van der Waals surface area contributed by atoms with Crippen LogP contribution in [0.4, 0.5) is 5.69 Å². The van der Waals surface area contributed by atoms with Gasteiger partial charge in [0, 0.05) is 25.0 Å². The molecule has 2 aromatic rings. The summed E-state index contributed by atoms with van der Waals surface area (Å²) in [5.74, 6) is -0.0994. The zero-order valence-electron chi connectivity index (χ0n) is 12.8. The Hall–Kier alpha value is -1.96. The summed E-state index contributed by atoms with van der Waals surface area (Å²) in [7, 11) is -3.14. The van der Waals surface area contributed by atoms with Crippen LogP contribution < -0.4 is 5.32 Å². The van der Waals surface area contributed by atoms with Crippen molar-refractivity contribution in [1.82, 2.24) is 9.29 Å². The van der Waals surface area contributed by atoms with E-state index in [4.69, 9.17) is 11.6 Å². The predicted octanol–water partition coefficient (Wildman–Crippen LogP) is 2.52. The molecule has 24 heavy (non-hydrogen) atoms. The largest absolute Gasteiger partial charge is 0.322 e. The fourth-order valence-electron chi connectivity index (χ4n) is 2.53. The van der Waals surface area contributed by atoms with Crippen molar-refractivity contribution >= 4 is 33.2 Å². The Labute approximate surface area is 145 Å². The van der Waals surface area contributed by atoms with Gasteiger partial charge in [0.15, 0.2) is 0 Å². The Morgan fingerprint density at radius 2 is 2.12 bits per heavy atom. The average molecular weight is 366 g/mol. The third-order valence-electron chi connectivity index (χ3n) is 3.74. The van der Waals surface area contributed by atoms with E-state index in [2.05, 4.69) is 10.3 Å². The second kappa shape index (κ2) is 6.88. The molecule has 1 saturated heterocycles. The molecular weight excluding hydrogens is 350 g/mol. The van der Waals surface area contributed by atoms with E-state index in [1.54, 1.807) is 30.3 Å². The SMILES string of the molecule is O=C(Nc1cccc(CN2CCCS2(=O)=O)c1)c1ccc(Cl)nc1. The molecule has 1 aromatic carbocycles. The van der Waals surface area contributed by atoms with Crippen LogP contribution in [0.25, 0.3) is 0 Å². The van der Waals surface area contributed by atoms with Gasteiger partial charge in [-0.15, -0.1) is 0 Å². The number of hydrogen-bond acceptors (Lipinski definition) is 4. The Balaban J connectivity index is 1.71. The van der Waals surface area contributed by atoms with Crippen molar-refractivity contribution in [2.75, 3.05) is 17.6 Å². The maximum atomic E-state index is 12.2. The molecule has 0 radical (unpaired) electrons. The number of halogens is 1. The van der Waals surface area contributed by atoms with Gasteiger partial charge in [0.1, 0.15) is 5.15 Å². The fourth-order valence-corrected chi connectivity index (χ4v) is 4.15.